The number of hydrogen-bond acceptors (Lipinski definition) is 4. The first-order chi connectivity index (χ1) is 7.43. The van der Waals surface area contributed by atoms with Crippen LogP contribution < -0.4 is 56.8 Å². The second-order valence-corrected chi connectivity index (χ2v) is 2.99. The minimum atomic E-state index is -5.09. The largest absolute Gasteiger partial charge is 1.00 e. The molecule has 17 heavy (non-hydrogen) atoms. The summed E-state index contributed by atoms with van der Waals surface area (Å²) in [5, 5.41) is 0. The van der Waals surface area contributed by atoms with Gasteiger partial charge in [-0.2, -0.15) is 0 Å². The van der Waals surface area contributed by atoms with Gasteiger partial charge in [0.15, 0.2) is 0 Å². The van der Waals surface area contributed by atoms with Gasteiger partial charge in [-0.3, -0.25) is 4.79 Å². The number of carbonyl (C=O) groups excluding carboxylic acids is 1. The average Bonchev–Trinajstić information content (AvgIpc) is 2.17. The zero-order valence-corrected chi connectivity index (χ0v) is 12.6. The van der Waals surface area contributed by atoms with E-state index < -0.39 is 18.4 Å². The number of hydrogen-bond donors (Lipinski definition) is 0. The molecule has 9 heteroatoms. The van der Waals surface area contributed by atoms with Crippen LogP contribution in [0.3, 0.4) is 0 Å². The molecule has 0 unspecified atom stereocenters. The van der Waals surface area contributed by atoms with Gasteiger partial charge in [-0.25, -0.2) is 9.97 Å². The molecule has 0 aliphatic rings. The molecule has 1 aromatic rings. The summed E-state index contributed by atoms with van der Waals surface area (Å²) in [5.74, 6) is -0.546. The van der Waals surface area contributed by atoms with Crippen molar-refractivity contribution in [3.05, 3.63) is 18.2 Å². The SMILES string of the molecule is CCOC(=O)Cc1ncc([B-](F)(F)F)cn1.[K+]. The predicted molar refractivity (Wildman–Crippen MR) is 51.1 cm³/mol. The van der Waals surface area contributed by atoms with Gasteiger partial charge in [0.25, 0.3) is 0 Å². The van der Waals surface area contributed by atoms with E-state index in [0.717, 1.165) is 0 Å². The minimum absolute atomic E-state index is 0. The summed E-state index contributed by atoms with van der Waals surface area (Å²) in [6.45, 7) is -3.25. The van der Waals surface area contributed by atoms with Gasteiger partial charge >= 0.3 is 64.3 Å². The van der Waals surface area contributed by atoms with Crippen molar-refractivity contribution in [3.8, 4) is 0 Å². The van der Waals surface area contributed by atoms with E-state index in [4.69, 9.17) is 0 Å². The van der Waals surface area contributed by atoms with Crippen LogP contribution in [0, 0.1) is 0 Å². The Labute approximate surface area is 139 Å². The van der Waals surface area contributed by atoms with Crippen molar-refractivity contribution in [2.75, 3.05) is 6.61 Å². The first kappa shape index (κ1) is 17.0. The Morgan fingerprint density at radius 1 is 1.35 bits per heavy atom. The molecule has 0 radical (unpaired) electrons. The number of ether oxygens (including phenoxy) is 1. The van der Waals surface area contributed by atoms with Crippen LogP contribution in [0.15, 0.2) is 12.4 Å². The van der Waals surface area contributed by atoms with Crippen molar-refractivity contribution >= 4 is 18.4 Å². The van der Waals surface area contributed by atoms with Crippen LogP contribution in [-0.4, -0.2) is 29.5 Å². The Morgan fingerprint density at radius 2 is 1.88 bits per heavy atom. The third-order valence-corrected chi connectivity index (χ3v) is 1.71. The van der Waals surface area contributed by atoms with Gasteiger partial charge in [0.05, 0.1) is 6.61 Å². The Bertz CT molecular complexity index is 372. The molecule has 0 aromatic carbocycles. The molecule has 0 bridgehead atoms. The second kappa shape index (κ2) is 7.47. The van der Waals surface area contributed by atoms with Gasteiger partial charge < -0.3 is 17.7 Å². The van der Waals surface area contributed by atoms with Crippen LogP contribution in [0.25, 0.3) is 0 Å². The number of aromatic nitrogens is 2. The Kier molecular flexibility index (Phi) is 7.49. The van der Waals surface area contributed by atoms with E-state index in [0.29, 0.717) is 12.4 Å². The van der Waals surface area contributed by atoms with Gasteiger partial charge in [0.2, 0.25) is 0 Å². The summed E-state index contributed by atoms with van der Waals surface area (Å²) < 4.78 is 41.2. The predicted octanol–water partition coefficient (Wildman–Crippen LogP) is -2.36. The first-order valence-corrected chi connectivity index (χ1v) is 4.60. The minimum Gasteiger partial charge on any atom is -0.466 e. The third kappa shape index (κ3) is 5.96. The van der Waals surface area contributed by atoms with Gasteiger partial charge in [0, 0.05) is 12.4 Å². The maximum atomic E-state index is 12.2. The quantitative estimate of drug-likeness (QED) is 0.454. The molecule has 1 aromatic heterocycles. The number of nitrogens with zero attached hydrogens (tertiary/aromatic N) is 2. The Balaban J connectivity index is 0.00000256. The van der Waals surface area contributed by atoms with Crippen molar-refractivity contribution in [1.29, 1.82) is 0 Å². The van der Waals surface area contributed by atoms with E-state index >= 15 is 0 Å². The molecule has 0 atom stereocenters. The maximum Gasteiger partial charge on any atom is 1.00 e. The number of rotatable bonds is 4. The molecule has 0 N–H and O–H groups in total. The summed E-state index contributed by atoms with van der Waals surface area (Å²) in [6, 6.07) is 0. The fourth-order valence-electron chi connectivity index (χ4n) is 0.966. The Hall–Kier alpha value is 0.0413. The third-order valence-electron chi connectivity index (χ3n) is 1.71. The van der Waals surface area contributed by atoms with Crippen molar-refractivity contribution in [1.82, 2.24) is 9.97 Å². The molecular formula is C8H9BF3KN2O2. The number of esters is 1. The van der Waals surface area contributed by atoms with Crippen LogP contribution >= 0.6 is 0 Å². The smallest absolute Gasteiger partial charge is 0.466 e. The van der Waals surface area contributed by atoms with E-state index in [1.165, 1.54) is 0 Å². The summed E-state index contributed by atoms with van der Waals surface area (Å²) in [7, 11) is 0. The van der Waals surface area contributed by atoms with E-state index in [1.54, 1.807) is 6.92 Å². The molecular weight excluding hydrogens is 263 g/mol. The van der Waals surface area contributed by atoms with E-state index in [1.807, 2.05) is 0 Å². The van der Waals surface area contributed by atoms with Crippen LogP contribution in [0.5, 0.6) is 0 Å². The summed E-state index contributed by atoms with van der Waals surface area (Å²) in [4.78, 5) is 17.9. The van der Waals surface area contributed by atoms with E-state index in [2.05, 4.69) is 14.7 Å². The average molecular weight is 272 g/mol. The maximum absolute atomic E-state index is 12.2. The topological polar surface area (TPSA) is 52.1 Å². The monoisotopic (exact) mass is 272 g/mol. The molecule has 0 saturated heterocycles. The van der Waals surface area contributed by atoms with Gasteiger partial charge in [-0.05, 0) is 6.92 Å². The van der Waals surface area contributed by atoms with E-state index in [9.17, 15) is 17.7 Å². The van der Waals surface area contributed by atoms with Crippen molar-refractivity contribution < 1.29 is 73.9 Å². The van der Waals surface area contributed by atoms with Crippen LogP contribution in [0.4, 0.5) is 12.9 Å². The molecule has 1 heterocycles. The molecule has 0 aliphatic carbocycles. The second-order valence-electron chi connectivity index (χ2n) is 2.99. The number of carbonyl (C=O) groups is 1. The fourth-order valence-corrected chi connectivity index (χ4v) is 0.966. The standard InChI is InChI=1S/C8H9BF3N2O2.K/c1-2-16-8(15)3-7-13-4-6(5-14-7)9(10,11)12;/h4-5H,2-3H2,1H3;/q-1;+1. The molecule has 4 nitrogen and oxygen atoms in total. The molecule has 0 spiro atoms. The molecule has 0 fully saturated rings. The van der Waals surface area contributed by atoms with Gasteiger partial charge in [-0.15, -0.1) is 0 Å². The molecule has 88 valence electrons. The van der Waals surface area contributed by atoms with Crippen molar-refractivity contribution in [2.24, 2.45) is 0 Å². The zero-order chi connectivity index (χ0) is 12.2. The van der Waals surface area contributed by atoms with Crippen molar-refractivity contribution in [2.45, 2.75) is 13.3 Å². The zero-order valence-electron chi connectivity index (χ0n) is 9.49. The van der Waals surface area contributed by atoms with Gasteiger partial charge in [0.1, 0.15) is 12.2 Å². The van der Waals surface area contributed by atoms with Crippen LogP contribution in [-0.2, 0) is 16.0 Å². The normalized spacial score (nSPS) is 10.6. The molecule has 1 rings (SSSR count). The fraction of sp³-hybridized carbons (Fsp3) is 0.375. The summed E-state index contributed by atoms with van der Waals surface area (Å²) in [6.07, 6.45) is 1.11. The number of halogens is 3. The van der Waals surface area contributed by atoms with Gasteiger partial charge in [-0.1, -0.05) is 5.46 Å². The molecule has 0 saturated carbocycles. The molecule has 0 aliphatic heterocycles. The van der Waals surface area contributed by atoms with Crippen LogP contribution in [0.1, 0.15) is 12.7 Å². The molecule has 0 amide bonds. The first-order valence-electron chi connectivity index (χ1n) is 4.60. The van der Waals surface area contributed by atoms with Crippen molar-refractivity contribution in [3.63, 3.8) is 0 Å². The Morgan fingerprint density at radius 3 is 2.29 bits per heavy atom. The van der Waals surface area contributed by atoms with Crippen LogP contribution in [0.2, 0.25) is 0 Å². The summed E-state index contributed by atoms with van der Waals surface area (Å²) >= 11 is 0. The summed E-state index contributed by atoms with van der Waals surface area (Å²) in [5.41, 5.74) is -0.882. The van der Waals surface area contributed by atoms with E-state index in [-0.39, 0.29) is 70.2 Å².